The van der Waals surface area contributed by atoms with Crippen LogP contribution in [0.2, 0.25) is 15.1 Å². The first-order chi connectivity index (χ1) is 14.4. The number of amides is 2. The Morgan fingerprint density at radius 3 is 2.29 bits per heavy atom. The molecule has 11 heteroatoms. The lowest BCUT2D eigenvalue weighted by Gasteiger charge is -2.31. The number of halogens is 3. The molecule has 2 aromatic rings. The van der Waals surface area contributed by atoms with Crippen LogP contribution in [0.4, 0.5) is 5.69 Å². The van der Waals surface area contributed by atoms with E-state index in [1.807, 2.05) is 0 Å². The summed E-state index contributed by atoms with van der Waals surface area (Å²) in [5.74, 6) is -1.00. The van der Waals surface area contributed by atoms with Crippen LogP contribution in [0.3, 0.4) is 0 Å². The van der Waals surface area contributed by atoms with Crippen LogP contribution in [0, 0.1) is 0 Å². The zero-order valence-electron chi connectivity index (χ0n) is 17.1. The molecule has 0 saturated carbocycles. The van der Waals surface area contributed by atoms with E-state index in [4.69, 9.17) is 34.8 Å². The van der Waals surface area contributed by atoms with Crippen molar-refractivity contribution < 1.29 is 18.0 Å². The van der Waals surface area contributed by atoms with Gasteiger partial charge < -0.3 is 10.2 Å². The summed E-state index contributed by atoms with van der Waals surface area (Å²) in [5, 5.41) is 3.35. The second-order valence-electron chi connectivity index (χ2n) is 6.81. The number of benzene rings is 2. The highest BCUT2D eigenvalue weighted by Gasteiger charge is 2.30. The molecule has 0 bridgehead atoms. The first-order valence-electron chi connectivity index (χ1n) is 9.12. The van der Waals surface area contributed by atoms with Gasteiger partial charge in [0, 0.05) is 23.6 Å². The summed E-state index contributed by atoms with van der Waals surface area (Å²) >= 11 is 18.2. The van der Waals surface area contributed by atoms with Gasteiger partial charge in [-0.25, -0.2) is 8.42 Å². The molecule has 31 heavy (non-hydrogen) atoms. The van der Waals surface area contributed by atoms with Crippen molar-refractivity contribution in [3.8, 4) is 0 Å². The fourth-order valence-electron chi connectivity index (χ4n) is 2.90. The molecule has 0 fully saturated rings. The van der Waals surface area contributed by atoms with E-state index in [-0.39, 0.29) is 22.3 Å². The van der Waals surface area contributed by atoms with E-state index >= 15 is 0 Å². The Labute approximate surface area is 196 Å². The Morgan fingerprint density at radius 2 is 1.71 bits per heavy atom. The predicted octanol–water partition coefficient (Wildman–Crippen LogP) is 3.58. The molecule has 0 aromatic heterocycles. The van der Waals surface area contributed by atoms with Crippen LogP contribution in [0.5, 0.6) is 0 Å². The molecule has 1 N–H and O–H groups in total. The van der Waals surface area contributed by atoms with Gasteiger partial charge in [0.2, 0.25) is 21.8 Å². The van der Waals surface area contributed by atoms with Gasteiger partial charge in [0.05, 0.1) is 17.0 Å². The van der Waals surface area contributed by atoms with Crippen LogP contribution in [0.1, 0.15) is 12.5 Å². The summed E-state index contributed by atoms with van der Waals surface area (Å²) in [5.41, 5.74) is 0.753. The normalized spacial score (nSPS) is 12.2. The Morgan fingerprint density at radius 1 is 1.06 bits per heavy atom. The zero-order chi connectivity index (χ0) is 23.3. The summed E-state index contributed by atoms with van der Waals surface area (Å²) in [6.45, 7) is 1.04. The highest BCUT2D eigenvalue weighted by atomic mass is 35.5. The maximum Gasteiger partial charge on any atom is 0.244 e. The lowest BCUT2D eigenvalue weighted by molar-refractivity contribution is -0.139. The van der Waals surface area contributed by atoms with Gasteiger partial charge in [-0.3, -0.25) is 13.9 Å². The van der Waals surface area contributed by atoms with E-state index in [1.165, 1.54) is 30.1 Å². The first kappa shape index (κ1) is 25.3. The van der Waals surface area contributed by atoms with Crippen molar-refractivity contribution in [2.24, 2.45) is 0 Å². The van der Waals surface area contributed by atoms with E-state index in [1.54, 1.807) is 31.2 Å². The smallest absolute Gasteiger partial charge is 0.244 e. The number of hydrogen-bond donors (Lipinski definition) is 1. The molecule has 1 unspecified atom stereocenters. The second-order valence-corrected chi connectivity index (χ2v) is 9.99. The van der Waals surface area contributed by atoms with Gasteiger partial charge >= 0.3 is 0 Å². The number of hydrogen-bond acceptors (Lipinski definition) is 4. The van der Waals surface area contributed by atoms with E-state index in [2.05, 4.69) is 5.32 Å². The number of sulfonamides is 1. The molecule has 0 heterocycles. The summed E-state index contributed by atoms with van der Waals surface area (Å²) in [6, 6.07) is 10.3. The van der Waals surface area contributed by atoms with Gasteiger partial charge in [-0.1, -0.05) is 46.9 Å². The molecule has 0 aliphatic rings. The van der Waals surface area contributed by atoms with Crippen LogP contribution in [0.25, 0.3) is 0 Å². The van der Waals surface area contributed by atoms with Crippen molar-refractivity contribution in [2.75, 3.05) is 24.2 Å². The maximum atomic E-state index is 13.3. The molecule has 2 amide bonds. The van der Waals surface area contributed by atoms with Gasteiger partial charge in [-0.15, -0.1) is 0 Å². The third kappa shape index (κ3) is 6.74. The lowest BCUT2D eigenvalue weighted by atomic mass is 10.1. The molecule has 0 radical (unpaired) electrons. The maximum absolute atomic E-state index is 13.3. The van der Waals surface area contributed by atoms with E-state index in [9.17, 15) is 18.0 Å². The standard InChI is InChI=1S/C20H22Cl3N3O4S/c1-13(20(28)24-2)25(11-14-5-4-6-15(21)9-14)19(27)12-26(31(3,29)30)18-10-16(22)7-8-17(18)23/h4-10,13H,11-12H2,1-3H3,(H,24,28). The molecule has 0 saturated heterocycles. The first-order valence-corrected chi connectivity index (χ1v) is 12.1. The highest BCUT2D eigenvalue weighted by molar-refractivity contribution is 7.92. The average molecular weight is 507 g/mol. The molecule has 0 spiro atoms. The van der Waals surface area contributed by atoms with Crippen LogP contribution < -0.4 is 9.62 Å². The second kappa shape index (κ2) is 10.5. The van der Waals surface area contributed by atoms with E-state index in [0.29, 0.717) is 10.6 Å². The number of likely N-dealkylation sites (N-methyl/N-ethyl adjacent to an activating group) is 1. The minimum Gasteiger partial charge on any atom is -0.357 e. The van der Waals surface area contributed by atoms with Crippen LogP contribution in [0.15, 0.2) is 42.5 Å². The van der Waals surface area contributed by atoms with Crippen molar-refractivity contribution in [3.63, 3.8) is 0 Å². The van der Waals surface area contributed by atoms with Gasteiger partial charge in [0.1, 0.15) is 12.6 Å². The Kier molecular flexibility index (Phi) is 8.59. The molecular formula is C20H22Cl3N3O4S. The minimum absolute atomic E-state index is 0.0505. The quantitative estimate of drug-likeness (QED) is 0.593. The third-order valence-electron chi connectivity index (χ3n) is 4.51. The fraction of sp³-hybridized carbons (Fsp3) is 0.300. The van der Waals surface area contributed by atoms with Gasteiger partial charge in [0.25, 0.3) is 0 Å². The largest absolute Gasteiger partial charge is 0.357 e. The fourth-order valence-corrected chi connectivity index (χ4v) is 4.40. The number of anilines is 1. The summed E-state index contributed by atoms with van der Waals surface area (Å²) in [4.78, 5) is 26.8. The molecule has 2 aromatic carbocycles. The minimum atomic E-state index is -3.90. The number of carbonyl (C=O) groups excluding carboxylic acids is 2. The zero-order valence-corrected chi connectivity index (χ0v) is 20.2. The summed E-state index contributed by atoms with van der Waals surface area (Å²) < 4.78 is 25.8. The Hall–Kier alpha value is -2.00. The lowest BCUT2D eigenvalue weighted by Crippen LogP contribution is -2.50. The molecular weight excluding hydrogens is 485 g/mol. The van der Waals surface area contributed by atoms with Crippen LogP contribution in [-0.4, -0.2) is 51.0 Å². The molecule has 1 atom stereocenters. The molecule has 0 aliphatic carbocycles. The SMILES string of the molecule is CNC(=O)C(C)N(Cc1cccc(Cl)c1)C(=O)CN(c1cc(Cl)ccc1Cl)S(C)(=O)=O. The van der Waals surface area contributed by atoms with E-state index < -0.39 is 34.4 Å². The summed E-state index contributed by atoms with van der Waals surface area (Å²) in [7, 11) is -2.44. The topological polar surface area (TPSA) is 86.8 Å². The highest BCUT2D eigenvalue weighted by Crippen LogP contribution is 2.31. The van der Waals surface area contributed by atoms with Crippen molar-refractivity contribution >= 4 is 62.3 Å². The van der Waals surface area contributed by atoms with Crippen LogP contribution in [-0.2, 0) is 26.2 Å². The molecule has 7 nitrogen and oxygen atoms in total. The predicted molar refractivity (Wildman–Crippen MR) is 124 cm³/mol. The van der Waals surface area contributed by atoms with Crippen molar-refractivity contribution in [1.29, 1.82) is 0 Å². The number of carbonyl (C=O) groups is 2. The van der Waals surface area contributed by atoms with Crippen LogP contribution >= 0.6 is 34.8 Å². The van der Waals surface area contributed by atoms with Crippen molar-refractivity contribution in [3.05, 3.63) is 63.1 Å². The molecule has 168 valence electrons. The Balaban J connectivity index is 2.43. The Bertz CT molecular complexity index is 1080. The van der Waals surface area contributed by atoms with Gasteiger partial charge in [-0.05, 0) is 42.8 Å². The van der Waals surface area contributed by atoms with Gasteiger partial charge in [0.15, 0.2) is 0 Å². The molecule has 0 aliphatic heterocycles. The average Bonchev–Trinajstić information content (AvgIpc) is 2.70. The monoisotopic (exact) mass is 505 g/mol. The summed E-state index contributed by atoms with van der Waals surface area (Å²) in [6.07, 6.45) is 0.959. The van der Waals surface area contributed by atoms with E-state index in [0.717, 1.165) is 10.6 Å². The number of rotatable bonds is 8. The van der Waals surface area contributed by atoms with Crippen molar-refractivity contribution in [1.82, 2.24) is 10.2 Å². The molecule has 2 rings (SSSR count). The van der Waals surface area contributed by atoms with Crippen molar-refractivity contribution in [2.45, 2.75) is 19.5 Å². The van der Waals surface area contributed by atoms with Gasteiger partial charge in [-0.2, -0.15) is 0 Å². The third-order valence-corrected chi connectivity index (χ3v) is 6.43. The number of nitrogens with one attached hydrogen (secondary N) is 1. The number of nitrogens with zero attached hydrogens (tertiary/aromatic N) is 2.